The first-order valence-corrected chi connectivity index (χ1v) is 6.64. The molecule has 0 amide bonds. The Balaban J connectivity index is 2.57. The van der Waals surface area contributed by atoms with Crippen molar-refractivity contribution in [3.05, 3.63) is 42.4 Å². The molecule has 0 fully saturated rings. The highest BCUT2D eigenvalue weighted by atomic mass is 19.1. The Hall–Kier alpha value is -1.43. The topological polar surface area (TPSA) is 47.1 Å². The summed E-state index contributed by atoms with van der Waals surface area (Å²) >= 11 is 0. The molecule has 4 nitrogen and oxygen atoms in total. The van der Waals surface area contributed by atoms with E-state index < -0.39 is 0 Å². The number of halogens is 1. The molecule has 1 rings (SSSR count). The molecular formula is C15H24FN2O2+. The van der Waals surface area contributed by atoms with E-state index in [4.69, 9.17) is 9.47 Å². The molecular weight excluding hydrogens is 259 g/mol. The molecule has 0 radical (unpaired) electrons. The summed E-state index contributed by atoms with van der Waals surface area (Å²) in [5.41, 5.74) is 1.73. The van der Waals surface area contributed by atoms with E-state index in [0.717, 1.165) is 11.4 Å². The normalized spacial score (nSPS) is 13.8. The van der Waals surface area contributed by atoms with E-state index in [2.05, 4.69) is 11.9 Å². The lowest BCUT2D eigenvalue weighted by Crippen LogP contribution is -2.81. The first-order valence-electron chi connectivity index (χ1n) is 6.64. The van der Waals surface area contributed by atoms with Gasteiger partial charge in [0.05, 0.1) is 6.04 Å². The fourth-order valence-corrected chi connectivity index (χ4v) is 1.94. The number of hydrogen-bond donors (Lipinski definition) is 2. The van der Waals surface area contributed by atoms with Crippen molar-refractivity contribution >= 4 is 5.69 Å². The van der Waals surface area contributed by atoms with Gasteiger partial charge >= 0.3 is 0 Å². The molecule has 0 saturated heterocycles. The zero-order chi connectivity index (χ0) is 15.0. The van der Waals surface area contributed by atoms with Gasteiger partial charge in [-0.15, -0.1) is 0 Å². The Kier molecular flexibility index (Phi) is 7.22. The van der Waals surface area contributed by atoms with Crippen LogP contribution in [-0.4, -0.2) is 32.6 Å². The summed E-state index contributed by atoms with van der Waals surface area (Å²) < 4.78 is 23.7. The molecule has 0 saturated carbocycles. The molecule has 1 aromatic carbocycles. The molecule has 0 spiro atoms. The minimum absolute atomic E-state index is 0.0742. The monoisotopic (exact) mass is 283 g/mol. The quantitative estimate of drug-likeness (QED) is 0.533. The second-order valence-electron chi connectivity index (χ2n) is 4.82. The van der Waals surface area contributed by atoms with Crippen molar-refractivity contribution in [3.63, 3.8) is 0 Å². The van der Waals surface area contributed by atoms with E-state index >= 15 is 0 Å². The second kappa shape index (κ2) is 8.68. The molecule has 2 unspecified atom stereocenters. The molecule has 0 bridgehead atoms. The molecule has 0 aliphatic carbocycles. The summed E-state index contributed by atoms with van der Waals surface area (Å²) in [6, 6.07) is 6.59. The zero-order valence-corrected chi connectivity index (χ0v) is 12.4. The number of hydrogen-bond acceptors (Lipinski definition) is 3. The molecule has 3 N–H and O–H groups in total. The van der Waals surface area contributed by atoms with Crippen molar-refractivity contribution < 1.29 is 19.2 Å². The van der Waals surface area contributed by atoms with Crippen molar-refractivity contribution in [3.8, 4) is 0 Å². The van der Waals surface area contributed by atoms with E-state index in [1.165, 1.54) is 12.1 Å². The molecule has 5 heteroatoms. The van der Waals surface area contributed by atoms with Crippen LogP contribution in [0.4, 0.5) is 10.1 Å². The van der Waals surface area contributed by atoms with Crippen LogP contribution in [0.3, 0.4) is 0 Å². The first-order chi connectivity index (χ1) is 9.52. The largest absolute Gasteiger partial charge is 0.384 e. The number of ether oxygens (including phenoxy) is 2. The third-order valence-corrected chi connectivity index (χ3v) is 2.87. The Labute approximate surface area is 120 Å². The third kappa shape index (κ3) is 6.14. The summed E-state index contributed by atoms with van der Waals surface area (Å²) in [5, 5.41) is 5.19. The van der Waals surface area contributed by atoms with Crippen molar-refractivity contribution in [2.24, 2.45) is 0 Å². The van der Waals surface area contributed by atoms with Crippen molar-refractivity contribution in [1.29, 1.82) is 0 Å². The van der Waals surface area contributed by atoms with Gasteiger partial charge in [0.2, 0.25) is 0 Å². The van der Waals surface area contributed by atoms with Gasteiger partial charge in [-0.05, 0) is 26.0 Å². The number of quaternary nitrogens is 1. The van der Waals surface area contributed by atoms with Crippen LogP contribution in [0.1, 0.15) is 13.8 Å². The number of benzene rings is 1. The van der Waals surface area contributed by atoms with E-state index in [9.17, 15) is 4.39 Å². The molecule has 0 aromatic heterocycles. The van der Waals surface area contributed by atoms with Crippen molar-refractivity contribution in [2.75, 3.05) is 20.4 Å². The number of methoxy groups -OCH3 is 1. The SMILES string of the molecule is C=C(C)NC(C)C(C[NH2+]c1cccc(F)c1)OCOC. The minimum atomic E-state index is -0.235. The van der Waals surface area contributed by atoms with Gasteiger partial charge in [-0.2, -0.15) is 0 Å². The predicted octanol–water partition coefficient (Wildman–Crippen LogP) is 1.52. The average Bonchev–Trinajstić information content (AvgIpc) is 2.38. The highest BCUT2D eigenvalue weighted by Gasteiger charge is 2.20. The Morgan fingerprint density at radius 2 is 2.25 bits per heavy atom. The van der Waals surface area contributed by atoms with Crippen molar-refractivity contribution in [1.82, 2.24) is 5.32 Å². The zero-order valence-electron chi connectivity index (χ0n) is 12.4. The number of allylic oxidation sites excluding steroid dienone is 1. The van der Waals surface area contributed by atoms with E-state index in [1.54, 1.807) is 13.2 Å². The van der Waals surface area contributed by atoms with Gasteiger partial charge in [0.25, 0.3) is 0 Å². The standard InChI is InChI=1S/C15H23FN2O2/c1-11(2)18-12(3)15(20-10-19-4)9-17-14-7-5-6-13(16)8-14/h5-8,12,15,17-18H,1,9-10H2,2-4H3/p+1. The summed E-state index contributed by atoms with van der Waals surface area (Å²) in [7, 11) is 1.59. The maximum absolute atomic E-state index is 13.1. The van der Waals surface area contributed by atoms with Gasteiger partial charge in [0.1, 0.15) is 30.9 Å². The predicted molar refractivity (Wildman–Crippen MR) is 77.0 cm³/mol. The Morgan fingerprint density at radius 1 is 1.50 bits per heavy atom. The van der Waals surface area contributed by atoms with Gasteiger partial charge in [-0.3, -0.25) is 0 Å². The van der Waals surface area contributed by atoms with Crippen LogP contribution in [0.5, 0.6) is 0 Å². The van der Waals surface area contributed by atoms with Gasteiger partial charge in [0, 0.05) is 18.9 Å². The molecule has 112 valence electrons. The van der Waals surface area contributed by atoms with Gasteiger partial charge in [-0.25, -0.2) is 4.39 Å². The number of nitrogens with one attached hydrogen (secondary N) is 1. The second-order valence-corrected chi connectivity index (χ2v) is 4.82. The van der Waals surface area contributed by atoms with Gasteiger partial charge in [-0.1, -0.05) is 12.6 Å². The maximum Gasteiger partial charge on any atom is 0.147 e. The number of nitrogens with two attached hydrogens (primary N) is 1. The molecule has 1 aromatic rings. The summed E-state index contributed by atoms with van der Waals surface area (Å²) in [6.07, 6.45) is -0.0742. The third-order valence-electron chi connectivity index (χ3n) is 2.87. The van der Waals surface area contributed by atoms with E-state index in [0.29, 0.717) is 6.54 Å². The Bertz CT molecular complexity index is 426. The van der Waals surface area contributed by atoms with E-state index in [1.807, 2.05) is 25.2 Å². The van der Waals surface area contributed by atoms with Crippen LogP contribution in [0.2, 0.25) is 0 Å². The molecule has 0 aliphatic rings. The summed E-state index contributed by atoms with van der Waals surface area (Å²) in [4.78, 5) is 0. The lowest BCUT2D eigenvalue weighted by Gasteiger charge is -2.24. The van der Waals surface area contributed by atoms with Crippen LogP contribution in [0.25, 0.3) is 0 Å². The lowest BCUT2D eigenvalue weighted by molar-refractivity contribution is -0.581. The van der Waals surface area contributed by atoms with Crippen LogP contribution in [0, 0.1) is 5.82 Å². The van der Waals surface area contributed by atoms with Crippen LogP contribution in [-0.2, 0) is 9.47 Å². The Morgan fingerprint density at radius 3 is 2.85 bits per heavy atom. The fraction of sp³-hybridized carbons (Fsp3) is 0.467. The average molecular weight is 283 g/mol. The van der Waals surface area contributed by atoms with Crippen LogP contribution < -0.4 is 10.6 Å². The van der Waals surface area contributed by atoms with Crippen LogP contribution >= 0.6 is 0 Å². The molecule has 0 aliphatic heterocycles. The van der Waals surface area contributed by atoms with E-state index in [-0.39, 0.29) is 24.8 Å². The highest BCUT2D eigenvalue weighted by Crippen LogP contribution is 2.04. The van der Waals surface area contributed by atoms with Gasteiger partial charge < -0.3 is 20.1 Å². The van der Waals surface area contributed by atoms with Gasteiger partial charge in [0.15, 0.2) is 0 Å². The maximum atomic E-state index is 13.1. The first kappa shape index (κ1) is 16.6. The molecule has 20 heavy (non-hydrogen) atoms. The lowest BCUT2D eigenvalue weighted by atomic mass is 10.1. The minimum Gasteiger partial charge on any atom is -0.384 e. The fourth-order valence-electron chi connectivity index (χ4n) is 1.94. The highest BCUT2D eigenvalue weighted by molar-refractivity contribution is 5.28. The van der Waals surface area contributed by atoms with Crippen molar-refractivity contribution in [2.45, 2.75) is 26.0 Å². The molecule has 0 heterocycles. The smallest absolute Gasteiger partial charge is 0.147 e. The summed E-state index contributed by atoms with van der Waals surface area (Å²) in [6.45, 7) is 8.64. The van der Waals surface area contributed by atoms with Crippen LogP contribution in [0.15, 0.2) is 36.5 Å². The summed E-state index contributed by atoms with van der Waals surface area (Å²) in [5.74, 6) is -0.235. The number of rotatable bonds is 9. The molecule has 2 atom stereocenters.